The van der Waals surface area contributed by atoms with Gasteiger partial charge in [0, 0.05) is 11.4 Å². The smallest absolute Gasteiger partial charge is 0.413 e. The summed E-state index contributed by atoms with van der Waals surface area (Å²) in [6, 6.07) is 17.5. The predicted molar refractivity (Wildman–Crippen MR) is 179 cm³/mol. The molecule has 0 bridgehead atoms. The van der Waals surface area contributed by atoms with E-state index in [0.29, 0.717) is 22.5 Å². The topological polar surface area (TPSA) is 49.9 Å². The van der Waals surface area contributed by atoms with Crippen LogP contribution in [0, 0.1) is 13.8 Å². The molecule has 0 spiro atoms. The zero-order chi connectivity index (χ0) is 33.8. The number of alkyl halides is 3. The van der Waals surface area contributed by atoms with E-state index in [1.54, 1.807) is 23.1 Å². The number of nitrogens with zero attached hydrogens (tertiary/aromatic N) is 2. The van der Waals surface area contributed by atoms with Crippen molar-refractivity contribution in [2.24, 2.45) is 0 Å². The van der Waals surface area contributed by atoms with Gasteiger partial charge in [-0.15, -0.1) is 0 Å². The molecule has 0 fully saturated rings. The highest BCUT2D eigenvalue weighted by Gasteiger charge is 2.51. The molecule has 0 aromatic heterocycles. The average Bonchev–Trinajstić information content (AvgIpc) is 3.07. The van der Waals surface area contributed by atoms with Crippen molar-refractivity contribution >= 4 is 29.7 Å². The molecule has 1 aliphatic heterocycles. The third-order valence-electron chi connectivity index (χ3n) is 8.88. The van der Waals surface area contributed by atoms with Crippen molar-refractivity contribution < 1.29 is 26.0 Å². The molecule has 1 heterocycles. The number of anilines is 1. The molecule has 1 aliphatic rings. The first kappa shape index (κ1) is 34.5. The molecular formula is C35H43F3N2O3SSi. The van der Waals surface area contributed by atoms with E-state index in [4.69, 9.17) is 4.43 Å². The van der Waals surface area contributed by atoms with Crippen LogP contribution in [0.5, 0.6) is 0 Å². The van der Waals surface area contributed by atoms with Gasteiger partial charge in [0.2, 0.25) is 0 Å². The second-order valence-electron chi connectivity index (χ2n) is 13.7. The number of hydrogen-bond donors (Lipinski definition) is 0. The minimum Gasteiger partial charge on any atom is -0.413 e. The molecule has 0 amide bonds. The molecule has 0 radical (unpaired) electrons. The molecule has 45 heavy (non-hydrogen) atoms. The Balaban J connectivity index is 1.99. The Bertz CT molecular complexity index is 1720. The standard InChI is InChI=1S/C35H43F3N2O3SSi/c1-24-11-14-27(15-12-24)26(3)39(29-18-16-28(17-19-29)35(36,37)38)32(21-22-43-45(9,10)33(4,5)6)40-34(7,8)30-23-25(2)13-20-31(30)44(40,41)42/h11-21,23H,3,22H2,1-2,4-10H3/b32-21-. The number of hydrogen-bond acceptors (Lipinski definition) is 4. The highest BCUT2D eigenvalue weighted by atomic mass is 32.2. The van der Waals surface area contributed by atoms with Gasteiger partial charge in [-0.2, -0.15) is 13.2 Å². The minimum absolute atomic E-state index is 0.0849. The summed E-state index contributed by atoms with van der Waals surface area (Å²) in [5.41, 5.74) is 2.09. The Morgan fingerprint density at radius 2 is 1.51 bits per heavy atom. The molecule has 3 aromatic carbocycles. The third-order valence-corrected chi connectivity index (χ3v) is 15.4. The first-order valence-corrected chi connectivity index (χ1v) is 19.2. The maximum absolute atomic E-state index is 14.4. The van der Waals surface area contributed by atoms with Crippen LogP contribution in [0.25, 0.3) is 5.70 Å². The van der Waals surface area contributed by atoms with Gasteiger partial charge in [0.05, 0.1) is 22.6 Å². The van der Waals surface area contributed by atoms with Crippen molar-refractivity contribution in [1.29, 1.82) is 0 Å². The fourth-order valence-electron chi connectivity index (χ4n) is 5.17. The highest BCUT2D eigenvalue weighted by molar-refractivity contribution is 7.89. The van der Waals surface area contributed by atoms with Gasteiger partial charge in [0.25, 0.3) is 10.0 Å². The van der Waals surface area contributed by atoms with Gasteiger partial charge in [0.1, 0.15) is 5.82 Å². The van der Waals surface area contributed by atoms with Crippen LogP contribution in [-0.4, -0.2) is 27.6 Å². The van der Waals surface area contributed by atoms with E-state index in [1.807, 2.05) is 58.0 Å². The largest absolute Gasteiger partial charge is 0.416 e. The van der Waals surface area contributed by atoms with Crippen molar-refractivity contribution in [3.63, 3.8) is 0 Å². The number of fused-ring (bicyclic) bond motifs is 1. The van der Waals surface area contributed by atoms with E-state index in [9.17, 15) is 21.6 Å². The van der Waals surface area contributed by atoms with Crippen LogP contribution in [-0.2, 0) is 26.2 Å². The fraction of sp³-hybridized carbons (Fsp3) is 0.371. The van der Waals surface area contributed by atoms with Crippen molar-refractivity contribution in [3.8, 4) is 0 Å². The third kappa shape index (κ3) is 6.64. The monoisotopic (exact) mass is 656 g/mol. The van der Waals surface area contributed by atoms with Crippen molar-refractivity contribution in [2.75, 3.05) is 11.5 Å². The van der Waals surface area contributed by atoms with Crippen LogP contribution in [0.3, 0.4) is 0 Å². The van der Waals surface area contributed by atoms with E-state index in [-0.39, 0.29) is 22.4 Å². The molecule has 0 unspecified atom stereocenters. The van der Waals surface area contributed by atoms with Crippen molar-refractivity contribution in [3.05, 3.63) is 113 Å². The lowest BCUT2D eigenvalue weighted by Crippen LogP contribution is -2.45. The maximum Gasteiger partial charge on any atom is 0.416 e. The normalized spacial score (nSPS) is 16.4. The Morgan fingerprint density at radius 3 is 2.04 bits per heavy atom. The van der Waals surface area contributed by atoms with Crippen LogP contribution in [0.2, 0.25) is 18.1 Å². The molecule has 0 aliphatic carbocycles. The molecule has 0 N–H and O–H groups in total. The van der Waals surface area contributed by atoms with E-state index >= 15 is 0 Å². The zero-order valence-corrected chi connectivity index (χ0v) is 29.3. The number of rotatable bonds is 8. The molecule has 0 saturated carbocycles. The lowest BCUT2D eigenvalue weighted by molar-refractivity contribution is -0.137. The summed E-state index contributed by atoms with van der Waals surface area (Å²) < 4.78 is 77.6. The van der Waals surface area contributed by atoms with E-state index in [0.717, 1.165) is 23.3 Å². The summed E-state index contributed by atoms with van der Waals surface area (Å²) in [7, 11) is -6.39. The molecule has 4 rings (SSSR count). The fourth-order valence-corrected chi connectivity index (χ4v) is 8.23. The van der Waals surface area contributed by atoms with Gasteiger partial charge >= 0.3 is 6.18 Å². The van der Waals surface area contributed by atoms with Gasteiger partial charge < -0.3 is 4.43 Å². The molecule has 3 aromatic rings. The van der Waals surface area contributed by atoms with E-state index in [1.165, 1.54) is 16.4 Å². The van der Waals surface area contributed by atoms with Gasteiger partial charge in [-0.3, -0.25) is 4.90 Å². The van der Waals surface area contributed by atoms with Crippen LogP contribution in [0.4, 0.5) is 18.9 Å². The summed E-state index contributed by atoms with van der Waals surface area (Å²) in [6.07, 6.45) is -2.82. The highest BCUT2D eigenvalue weighted by Crippen LogP contribution is 2.49. The second kappa shape index (κ2) is 11.8. The lowest BCUT2D eigenvalue weighted by atomic mass is 9.93. The zero-order valence-electron chi connectivity index (χ0n) is 27.5. The molecule has 10 heteroatoms. The molecule has 0 atom stereocenters. The van der Waals surface area contributed by atoms with Crippen LogP contribution < -0.4 is 4.90 Å². The Morgan fingerprint density at radius 1 is 0.956 bits per heavy atom. The summed E-state index contributed by atoms with van der Waals surface area (Å²) in [4.78, 5) is 1.81. The predicted octanol–water partition coefficient (Wildman–Crippen LogP) is 9.60. The second-order valence-corrected chi connectivity index (χ2v) is 20.2. The molecular weight excluding hydrogens is 614 g/mol. The SMILES string of the molecule is C=C(c1ccc(C)cc1)N(/C(=C/CO[Si](C)(C)C(C)(C)C)N1C(C)(C)c2cc(C)ccc2S1(=O)=O)c1ccc(C(F)(F)F)cc1. The van der Waals surface area contributed by atoms with E-state index < -0.39 is 35.6 Å². The van der Waals surface area contributed by atoms with Gasteiger partial charge in [-0.1, -0.05) is 74.9 Å². The molecule has 5 nitrogen and oxygen atoms in total. The average molecular weight is 657 g/mol. The van der Waals surface area contributed by atoms with Crippen molar-refractivity contribution in [2.45, 2.75) is 83.2 Å². The number of halogens is 3. The minimum atomic E-state index is -4.53. The summed E-state index contributed by atoms with van der Waals surface area (Å²) in [5, 5.41) is -0.105. The molecule has 0 saturated heterocycles. The summed E-state index contributed by atoms with van der Waals surface area (Å²) >= 11 is 0. The van der Waals surface area contributed by atoms with Crippen LogP contribution in [0.15, 0.2) is 90.1 Å². The Labute approximate surface area is 267 Å². The van der Waals surface area contributed by atoms with E-state index in [2.05, 4.69) is 40.4 Å². The summed E-state index contributed by atoms with van der Waals surface area (Å²) in [5.74, 6) is 0.220. The van der Waals surface area contributed by atoms with Gasteiger partial charge in [0.15, 0.2) is 8.32 Å². The van der Waals surface area contributed by atoms with Crippen molar-refractivity contribution in [1.82, 2.24) is 4.31 Å². The molecule has 242 valence electrons. The van der Waals surface area contributed by atoms with Crippen LogP contribution >= 0.6 is 0 Å². The van der Waals surface area contributed by atoms with Gasteiger partial charge in [-0.05, 0) is 93.4 Å². The Hall–Kier alpha value is -3.34. The first-order chi connectivity index (χ1) is 20.6. The Kier molecular flexibility index (Phi) is 9.04. The quantitative estimate of drug-likeness (QED) is 0.227. The number of benzene rings is 3. The number of aryl methyl sites for hydroxylation is 2. The lowest BCUT2D eigenvalue weighted by Gasteiger charge is -2.41. The van der Waals surface area contributed by atoms with Gasteiger partial charge in [-0.25, -0.2) is 12.7 Å². The number of sulfonamides is 1. The first-order valence-electron chi connectivity index (χ1n) is 14.8. The summed E-state index contributed by atoms with van der Waals surface area (Å²) in [6.45, 7) is 22.5. The maximum atomic E-state index is 14.4. The van der Waals surface area contributed by atoms with Crippen LogP contribution in [0.1, 0.15) is 62.4 Å².